The van der Waals surface area contributed by atoms with Crippen LogP contribution in [0.15, 0.2) is 133 Å². The first-order valence-corrected chi connectivity index (χ1v) is 47.0. The van der Waals surface area contributed by atoms with Crippen LogP contribution < -0.4 is 75.4 Å². The normalized spacial score (nSPS) is 11.1. The van der Waals surface area contributed by atoms with E-state index in [1.807, 2.05) is 72.8 Å². The molecular weight excluding hydrogens is 1800 g/mol. The predicted molar refractivity (Wildman–Crippen MR) is 502 cm³/mol. The zero-order valence-corrected chi connectivity index (χ0v) is 84.6. The molecule has 0 bridgehead atoms. The molecule has 5 aromatic rings. The van der Waals surface area contributed by atoms with E-state index in [-0.39, 0.29) is 93.4 Å². The van der Waals surface area contributed by atoms with E-state index in [1.165, 1.54) is 25.0 Å². The van der Waals surface area contributed by atoms with E-state index in [1.54, 1.807) is 57.7 Å². The van der Waals surface area contributed by atoms with Crippen LogP contribution in [0.4, 0.5) is 0 Å². The van der Waals surface area contributed by atoms with Gasteiger partial charge in [0.2, 0.25) is 0 Å². The van der Waals surface area contributed by atoms with Crippen molar-refractivity contribution in [3.63, 3.8) is 0 Å². The molecule has 0 amide bonds. The summed E-state index contributed by atoms with van der Waals surface area (Å²) in [5, 5.41) is 45.5. The molecule has 0 aliphatic carbocycles. The van der Waals surface area contributed by atoms with Gasteiger partial charge in [0.1, 0.15) is 42.0 Å². The number of benzene rings is 5. The Morgan fingerprint density at radius 2 is 0.469 bits per heavy atom. The van der Waals surface area contributed by atoms with Gasteiger partial charge >= 0.3 is 51.4 Å². The van der Waals surface area contributed by atoms with Crippen molar-refractivity contribution in [3.8, 4) is 34.5 Å². The summed E-state index contributed by atoms with van der Waals surface area (Å²) in [6, 6.07) is 41.1. The van der Waals surface area contributed by atoms with Crippen molar-refractivity contribution in [2.24, 2.45) is 0 Å². The van der Waals surface area contributed by atoms with E-state index >= 15 is 0 Å². The average Bonchev–Trinajstić information content (AvgIpc) is 0.927. The fourth-order valence-electron chi connectivity index (χ4n) is 9.86. The van der Waals surface area contributed by atoms with Crippen molar-refractivity contribution in [2.45, 2.75) is 103 Å². The molecule has 0 spiro atoms. The van der Waals surface area contributed by atoms with Crippen LogP contribution in [0, 0.1) is 0 Å². The van der Waals surface area contributed by atoms with Crippen molar-refractivity contribution in [1.29, 1.82) is 0 Å². The second-order valence-electron chi connectivity index (χ2n) is 27.0. The molecule has 0 aromatic heterocycles. The van der Waals surface area contributed by atoms with Gasteiger partial charge in [0, 0.05) is 61.0 Å². The van der Waals surface area contributed by atoms with Gasteiger partial charge in [-0.05, 0) is 136 Å². The summed E-state index contributed by atoms with van der Waals surface area (Å²) < 4.78 is 134. The van der Waals surface area contributed by atoms with E-state index in [0.29, 0.717) is 258 Å². The SMILES string of the molecule is C1CCOC1.COCCOCCOCCOCCOCCOCCO.COCCOCCOCCOCCOCCOCCOCCCCCCOc1ccc(O)cc1.COCCOCCOCCOCCOCCOCCOCCCCCCOc1ccc(OCc2ccccc2)cc1.ClCCl.ClCCl.OCCCCCCO.[K+].[O-]c1ccc(OCc2ccccc2)cc1. The predicted octanol–water partition coefficient (Wildman–Crippen LogP) is 11.3. The van der Waals surface area contributed by atoms with Crippen LogP contribution in [0.5, 0.6) is 34.5 Å². The number of hydrogen-bond acceptors (Lipinski definition) is 30. The van der Waals surface area contributed by atoms with E-state index in [0.717, 1.165) is 138 Å². The summed E-state index contributed by atoms with van der Waals surface area (Å²) in [6.07, 6.45) is 15.0. The minimum atomic E-state index is 0. The van der Waals surface area contributed by atoms with E-state index in [2.05, 4.69) is 12.1 Å². The summed E-state index contributed by atoms with van der Waals surface area (Å²) in [5.74, 6) is 3.48. The fraction of sp³-hybridized carbons (Fsp3) is 0.684. The maximum atomic E-state index is 10.8. The zero-order chi connectivity index (χ0) is 93.7. The molecule has 0 radical (unpaired) electrons. The largest absolute Gasteiger partial charge is 1.00 e. The number of alkyl halides is 4. The van der Waals surface area contributed by atoms with Gasteiger partial charge < -0.3 is 144 Å². The van der Waals surface area contributed by atoms with Crippen LogP contribution in [0.3, 0.4) is 0 Å². The molecule has 0 atom stereocenters. The zero-order valence-electron chi connectivity index (χ0n) is 78.5. The van der Waals surface area contributed by atoms with Gasteiger partial charge in [-0.3, -0.25) is 0 Å². The molecule has 35 heteroatoms. The third-order valence-corrected chi connectivity index (χ3v) is 16.5. The Kier molecular flexibility index (Phi) is 117. The summed E-state index contributed by atoms with van der Waals surface area (Å²) >= 11 is 19.1. The second kappa shape index (κ2) is 116. The number of phenols is 1. The Labute approximate surface area is 839 Å². The second-order valence-corrected chi connectivity index (χ2v) is 28.6. The van der Waals surface area contributed by atoms with Crippen LogP contribution in [0.1, 0.15) is 101 Å². The van der Waals surface area contributed by atoms with Crippen LogP contribution >= 0.6 is 46.4 Å². The van der Waals surface area contributed by atoms with Crippen LogP contribution in [-0.2, 0) is 113 Å². The van der Waals surface area contributed by atoms with Crippen molar-refractivity contribution in [2.75, 3.05) is 323 Å². The fourth-order valence-corrected chi connectivity index (χ4v) is 9.86. The number of phenolic OH excluding ortho intramolecular Hbond substituents is 1. The molecule has 0 unspecified atom stereocenters. The Morgan fingerprint density at radius 1 is 0.254 bits per heavy atom. The molecule has 1 aliphatic heterocycles. The van der Waals surface area contributed by atoms with Gasteiger partial charge in [0.15, 0.2) is 0 Å². The van der Waals surface area contributed by atoms with Crippen molar-refractivity contribution in [1.82, 2.24) is 0 Å². The number of aliphatic hydroxyl groups is 3. The van der Waals surface area contributed by atoms with Crippen molar-refractivity contribution >= 4 is 46.4 Å². The molecule has 4 N–H and O–H groups in total. The number of aliphatic hydroxyl groups excluding tert-OH is 3. The number of rotatable bonds is 80. The molecule has 1 fully saturated rings. The van der Waals surface area contributed by atoms with Gasteiger partial charge in [-0.25, -0.2) is 0 Å². The van der Waals surface area contributed by atoms with Crippen molar-refractivity contribution in [3.05, 3.63) is 145 Å². The van der Waals surface area contributed by atoms with Crippen LogP contribution in [0.25, 0.3) is 0 Å². The number of aromatic hydroxyl groups is 1. The average molecular weight is 1960 g/mol. The molecule has 1 heterocycles. The molecule has 0 saturated carbocycles. The number of ether oxygens (including phenoxy) is 25. The number of halogens is 4. The topological polar surface area (TPSA) is 335 Å². The molecule has 5 aromatic carbocycles. The van der Waals surface area contributed by atoms with Crippen molar-refractivity contribution < 1.29 is 195 Å². The maximum Gasteiger partial charge on any atom is 1.00 e. The van der Waals surface area contributed by atoms with E-state index in [9.17, 15) is 10.2 Å². The molecule has 748 valence electrons. The molecule has 6 rings (SSSR count). The third kappa shape index (κ3) is 107. The van der Waals surface area contributed by atoms with Gasteiger partial charge in [-0.1, -0.05) is 98.5 Å². The first-order chi connectivity index (χ1) is 63.7. The molecule has 1 aliphatic rings. The number of methoxy groups -OCH3 is 3. The Morgan fingerprint density at radius 3 is 0.708 bits per heavy atom. The third-order valence-electron chi connectivity index (χ3n) is 16.5. The Bertz CT molecular complexity index is 2810. The first-order valence-electron chi connectivity index (χ1n) is 44.9. The van der Waals surface area contributed by atoms with Gasteiger partial charge in [-0.2, -0.15) is 0 Å². The number of hydrogen-bond donors (Lipinski definition) is 4. The van der Waals surface area contributed by atoms with Gasteiger partial charge in [0.05, 0.1) is 262 Å². The molecular formula is C95H159Cl4KO30. The monoisotopic (exact) mass is 1960 g/mol. The Hall–Kier alpha value is -3.26. The van der Waals surface area contributed by atoms with Gasteiger partial charge in [0.25, 0.3) is 0 Å². The van der Waals surface area contributed by atoms with Crippen LogP contribution in [-0.4, -0.2) is 343 Å². The minimum absolute atomic E-state index is 0. The summed E-state index contributed by atoms with van der Waals surface area (Å²) in [7, 11) is 4.94. The summed E-state index contributed by atoms with van der Waals surface area (Å²) in [6.45, 7) is 26.0. The quantitative estimate of drug-likeness (QED) is 0.0160. The molecule has 130 heavy (non-hydrogen) atoms. The smallest absolute Gasteiger partial charge is 0.872 e. The summed E-state index contributed by atoms with van der Waals surface area (Å²) in [4.78, 5) is 0. The number of unbranched alkanes of at least 4 members (excludes halogenated alkanes) is 9. The molecule has 1 saturated heterocycles. The van der Waals surface area contributed by atoms with Gasteiger partial charge in [-0.15, -0.1) is 52.2 Å². The standard InChI is InChI=1S/C32H50O9.C25H44O9.C13H28O7.C13H12O2.C6H14O2.C4H8O.2CH2Cl2.K/c1-33-17-18-35-21-22-37-25-26-39-28-27-38-24-23-36-20-19-34-15-7-2-3-8-16-40-31-11-13-32(14-12-31)41-29-30-9-5-4-6-10-30;1-27-12-13-29-16-17-31-20-21-33-23-22-32-19-18-30-15-14-28-10-4-2-3-5-11-34-25-8-6-24(26)7-9-25;1-15-4-5-17-8-9-19-12-13-20-11-10-18-7-6-16-3-2-14;14-12-6-8-13(9-7-12)15-10-11-4-2-1-3-5-11;7-5-3-1-2-4-6-8;1-2-4-5-3-1;2*2-1-3;/h4-6,9-14H,2-3,7-8,15-29H2,1H3;6-9,26H,2-5,10-23H2,1H3;14H,2-13H2,1H3;1-9,14H,10H2;7-8H,1-6H2;1-4H2;2*1H2;/q;;;;;;;;+1/p-1. The van der Waals surface area contributed by atoms with E-state index < -0.39 is 0 Å². The Balaban J connectivity index is -0.00000161. The first kappa shape index (κ1) is 131. The van der Waals surface area contributed by atoms with Crippen LogP contribution in [0.2, 0.25) is 0 Å². The van der Waals surface area contributed by atoms with E-state index in [4.69, 9.17) is 180 Å². The molecule has 30 nitrogen and oxygen atoms in total. The minimum Gasteiger partial charge on any atom is -0.872 e. The maximum absolute atomic E-state index is 10.8. The summed E-state index contributed by atoms with van der Waals surface area (Å²) in [5.41, 5.74) is 2.27.